The van der Waals surface area contributed by atoms with Crippen LogP contribution in [-0.2, 0) is 0 Å². The zero-order valence-corrected chi connectivity index (χ0v) is 5.18. The number of allylic oxidation sites excluding steroid dienone is 2. The molecule has 0 aromatic rings. The van der Waals surface area contributed by atoms with E-state index in [1.807, 2.05) is 0 Å². The molecule has 46 valence electrons. The van der Waals surface area contributed by atoms with Crippen LogP contribution in [0, 0.1) is 0 Å². The fourth-order valence-electron chi connectivity index (χ4n) is 0.335. The van der Waals surface area contributed by atoms with Crippen molar-refractivity contribution in [2.75, 3.05) is 0 Å². The van der Waals surface area contributed by atoms with Crippen molar-refractivity contribution in [2.45, 2.75) is 10.3 Å². The van der Waals surface area contributed by atoms with Gasteiger partial charge in [-0.05, 0) is 12.2 Å². The molecule has 0 amide bonds. The van der Waals surface area contributed by atoms with Gasteiger partial charge in [-0.1, -0.05) is 23.2 Å². The van der Waals surface area contributed by atoms with Crippen molar-refractivity contribution in [1.29, 1.82) is 0 Å². The molecule has 0 aromatic heterocycles. The van der Waals surface area contributed by atoms with Gasteiger partial charge in [0.25, 0.3) is 0 Å². The highest BCUT2D eigenvalue weighted by molar-refractivity contribution is 6.51. The quantitative estimate of drug-likeness (QED) is 0.376. The summed E-state index contributed by atoms with van der Waals surface area (Å²) >= 11 is 10.0. The van der Waals surface area contributed by atoms with Crippen molar-refractivity contribution in [2.24, 2.45) is 0 Å². The maximum absolute atomic E-state index is 12.0. The third kappa shape index (κ3) is 0.633. The molecule has 4 heteroatoms. The monoisotopic (exact) mass is 158 g/mol. The fourth-order valence-corrected chi connectivity index (χ4v) is 0.587. The van der Waals surface area contributed by atoms with Gasteiger partial charge >= 0.3 is 5.92 Å². The van der Waals surface area contributed by atoms with E-state index >= 15 is 0 Å². The predicted octanol–water partition coefficient (Wildman–Crippen LogP) is 2.37. The standard InChI is InChI=1S/C4H2Cl2F2/c5-3(6)1-2-4(3,7)8/h1-2H. The van der Waals surface area contributed by atoms with Crippen molar-refractivity contribution >= 4 is 23.2 Å². The summed E-state index contributed by atoms with van der Waals surface area (Å²) in [5, 5.41) is 0. The Balaban J connectivity index is 2.82. The normalized spacial score (nSPS) is 29.5. The summed E-state index contributed by atoms with van der Waals surface area (Å²) in [5.41, 5.74) is 0. The Morgan fingerprint density at radius 2 is 1.50 bits per heavy atom. The summed E-state index contributed by atoms with van der Waals surface area (Å²) in [7, 11) is 0. The number of rotatable bonds is 0. The topological polar surface area (TPSA) is 0 Å². The largest absolute Gasteiger partial charge is 0.302 e. The minimum Gasteiger partial charge on any atom is -0.198 e. The van der Waals surface area contributed by atoms with Crippen LogP contribution in [0.2, 0.25) is 0 Å². The van der Waals surface area contributed by atoms with Crippen molar-refractivity contribution < 1.29 is 8.78 Å². The van der Waals surface area contributed by atoms with Gasteiger partial charge in [-0.25, -0.2) is 0 Å². The molecule has 0 saturated carbocycles. The Kier molecular flexibility index (Phi) is 1.07. The number of alkyl halides is 4. The van der Waals surface area contributed by atoms with Crippen LogP contribution >= 0.6 is 23.2 Å². The first kappa shape index (κ1) is 6.30. The van der Waals surface area contributed by atoms with Crippen molar-refractivity contribution in [3.8, 4) is 0 Å². The molecule has 0 aliphatic heterocycles. The molecular weight excluding hydrogens is 157 g/mol. The molecule has 0 radical (unpaired) electrons. The van der Waals surface area contributed by atoms with Crippen LogP contribution in [0.25, 0.3) is 0 Å². The summed E-state index contributed by atoms with van der Waals surface area (Å²) in [6.07, 6.45) is 1.73. The third-order valence-electron chi connectivity index (χ3n) is 0.946. The molecule has 1 aliphatic rings. The maximum Gasteiger partial charge on any atom is 0.302 e. The smallest absolute Gasteiger partial charge is 0.198 e. The van der Waals surface area contributed by atoms with E-state index in [1.54, 1.807) is 0 Å². The van der Waals surface area contributed by atoms with Crippen LogP contribution < -0.4 is 0 Å². The van der Waals surface area contributed by atoms with E-state index < -0.39 is 10.3 Å². The molecular formula is C4H2Cl2F2. The van der Waals surface area contributed by atoms with Crippen LogP contribution in [-0.4, -0.2) is 10.3 Å². The highest BCUT2D eigenvalue weighted by atomic mass is 35.5. The summed E-state index contributed by atoms with van der Waals surface area (Å²) in [6.45, 7) is 0. The Morgan fingerprint density at radius 3 is 1.50 bits per heavy atom. The van der Waals surface area contributed by atoms with E-state index in [-0.39, 0.29) is 0 Å². The predicted molar refractivity (Wildman–Crippen MR) is 28.5 cm³/mol. The van der Waals surface area contributed by atoms with E-state index in [2.05, 4.69) is 0 Å². The highest BCUT2D eigenvalue weighted by Gasteiger charge is 2.54. The molecule has 0 nitrogen and oxygen atoms in total. The second-order valence-electron chi connectivity index (χ2n) is 1.58. The molecule has 0 bridgehead atoms. The van der Waals surface area contributed by atoms with Gasteiger partial charge in [0.05, 0.1) is 0 Å². The van der Waals surface area contributed by atoms with Crippen molar-refractivity contribution in [3.05, 3.63) is 12.2 Å². The van der Waals surface area contributed by atoms with Gasteiger partial charge in [0.15, 0.2) is 0 Å². The first-order chi connectivity index (χ1) is 3.46. The average molecular weight is 159 g/mol. The Hall–Kier alpha value is 0.180. The zero-order chi connectivity index (χ0) is 6.41. The molecule has 0 N–H and O–H groups in total. The molecule has 1 rings (SSSR count). The molecule has 0 saturated heterocycles. The first-order valence-corrected chi connectivity index (χ1v) is 2.67. The van der Waals surface area contributed by atoms with Crippen molar-refractivity contribution in [3.63, 3.8) is 0 Å². The van der Waals surface area contributed by atoms with Crippen LogP contribution in [0.5, 0.6) is 0 Å². The molecule has 0 atom stereocenters. The number of hydrogen-bond acceptors (Lipinski definition) is 0. The first-order valence-electron chi connectivity index (χ1n) is 1.92. The van der Waals surface area contributed by atoms with Crippen molar-refractivity contribution in [1.82, 2.24) is 0 Å². The number of halogens is 4. The summed E-state index contributed by atoms with van der Waals surface area (Å²) in [4.78, 5) is 0. The Bertz CT molecular complexity index is 123. The van der Waals surface area contributed by atoms with Crippen LogP contribution in [0.1, 0.15) is 0 Å². The third-order valence-corrected chi connectivity index (χ3v) is 1.70. The van der Waals surface area contributed by atoms with Crippen LogP contribution in [0.4, 0.5) is 8.78 Å². The van der Waals surface area contributed by atoms with Gasteiger partial charge in [-0.3, -0.25) is 0 Å². The van der Waals surface area contributed by atoms with E-state index in [9.17, 15) is 8.78 Å². The van der Waals surface area contributed by atoms with Gasteiger partial charge in [0.2, 0.25) is 4.33 Å². The lowest BCUT2D eigenvalue weighted by atomic mass is 10.1. The van der Waals surface area contributed by atoms with Gasteiger partial charge in [0.1, 0.15) is 0 Å². The lowest BCUT2D eigenvalue weighted by Gasteiger charge is -2.31. The molecule has 0 spiro atoms. The van der Waals surface area contributed by atoms with Gasteiger partial charge in [-0.15, -0.1) is 0 Å². The summed E-state index contributed by atoms with van der Waals surface area (Å²) in [6, 6.07) is 0. The Morgan fingerprint density at radius 1 is 1.12 bits per heavy atom. The molecule has 0 heterocycles. The highest BCUT2D eigenvalue weighted by Crippen LogP contribution is 2.47. The van der Waals surface area contributed by atoms with E-state index in [1.165, 1.54) is 0 Å². The summed E-state index contributed by atoms with van der Waals surface area (Å²) < 4.78 is 22.0. The molecule has 0 aromatic carbocycles. The SMILES string of the molecule is FC1(F)C=CC1(Cl)Cl. The van der Waals surface area contributed by atoms with Gasteiger partial charge < -0.3 is 0 Å². The summed E-state index contributed by atoms with van der Waals surface area (Å²) in [5.74, 6) is -3.03. The minimum absolute atomic E-state index is 0.674. The van der Waals surface area contributed by atoms with Gasteiger partial charge in [-0.2, -0.15) is 8.78 Å². The number of hydrogen-bond donors (Lipinski definition) is 0. The van der Waals surface area contributed by atoms with Crippen LogP contribution in [0.3, 0.4) is 0 Å². The van der Waals surface area contributed by atoms with Gasteiger partial charge in [0, 0.05) is 0 Å². The average Bonchev–Trinajstić information content (AvgIpc) is 1.64. The van der Waals surface area contributed by atoms with E-state index in [4.69, 9.17) is 23.2 Å². The lowest BCUT2D eigenvalue weighted by Crippen LogP contribution is -2.41. The Labute approximate surface area is 55.1 Å². The minimum atomic E-state index is -3.03. The lowest BCUT2D eigenvalue weighted by molar-refractivity contribution is 0.0313. The van der Waals surface area contributed by atoms with E-state index in [0.717, 1.165) is 6.08 Å². The fraction of sp³-hybridized carbons (Fsp3) is 0.500. The molecule has 1 aliphatic carbocycles. The molecule has 8 heavy (non-hydrogen) atoms. The van der Waals surface area contributed by atoms with Crippen LogP contribution in [0.15, 0.2) is 12.2 Å². The molecule has 0 unspecified atom stereocenters. The maximum atomic E-state index is 12.0. The molecule has 0 fully saturated rings. The second kappa shape index (κ2) is 1.36. The zero-order valence-electron chi connectivity index (χ0n) is 3.67. The second-order valence-corrected chi connectivity index (χ2v) is 2.97. The van der Waals surface area contributed by atoms with E-state index in [0.29, 0.717) is 6.08 Å².